The van der Waals surface area contributed by atoms with Crippen molar-refractivity contribution >= 4 is 56.3 Å². The van der Waals surface area contributed by atoms with E-state index in [9.17, 15) is 23.1 Å². The molecule has 0 radical (unpaired) electrons. The summed E-state index contributed by atoms with van der Waals surface area (Å²) in [5, 5.41) is 25.5. The van der Waals surface area contributed by atoms with Crippen molar-refractivity contribution in [1.82, 2.24) is 30.1 Å². The van der Waals surface area contributed by atoms with Gasteiger partial charge in [0.15, 0.2) is 11.6 Å². The minimum absolute atomic E-state index is 0.124. The van der Waals surface area contributed by atoms with Crippen LogP contribution in [0.25, 0.3) is 10.6 Å². The Hall–Kier alpha value is -3.17. The summed E-state index contributed by atoms with van der Waals surface area (Å²) in [5.41, 5.74) is 1.01. The van der Waals surface area contributed by atoms with Crippen LogP contribution in [0.5, 0.6) is 0 Å². The van der Waals surface area contributed by atoms with E-state index in [2.05, 4.69) is 25.3 Å². The maximum Gasteiger partial charge on any atom is 0.305 e. The summed E-state index contributed by atoms with van der Waals surface area (Å²) in [5.74, 6) is -1.92. The molecule has 0 saturated carbocycles. The Balaban J connectivity index is 1.47. The third-order valence-electron chi connectivity index (χ3n) is 4.79. The Labute approximate surface area is 217 Å². The Morgan fingerprint density at radius 1 is 1.17 bits per heavy atom. The number of nitrogens with zero attached hydrogens (tertiary/aromatic N) is 5. The zero-order chi connectivity index (χ0) is 25.9. The van der Waals surface area contributed by atoms with Crippen molar-refractivity contribution in [2.75, 3.05) is 0 Å². The molecule has 1 aromatic carbocycles. The van der Waals surface area contributed by atoms with Crippen LogP contribution in [0.1, 0.15) is 17.8 Å². The highest BCUT2D eigenvalue weighted by atomic mass is 35.5. The summed E-state index contributed by atoms with van der Waals surface area (Å²) < 4.78 is 32.5. The molecule has 4 aromatic rings. The lowest BCUT2D eigenvalue weighted by molar-refractivity contribution is -0.139. The number of nitrogens with one attached hydrogen (secondary N) is 1. The molecule has 0 aliphatic rings. The fraction of sp³-hybridized carbons (Fsp3) is 0.200. The van der Waals surface area contributed by atoms with Crippen molar-refractivity contribution in [2.45, 2.75) is 29.6 Å². The monoisotopic (exact) mass is 570 g/mol. The fourth-order valence-electron chi connectivity index (χ4n) is 3.11. The Morgan fingerprint density at radius 3 is 2.58 bits per heavy atom. The van der Waals surface area contributed by atoms with E-state index in [1.165, 1.54) is 18.4 Å². The van der Waals surface area contributed by atoms with Crippen LogP contribution in [0.3, 0.4) is 0 Å². The number of halogens is 2. The average Bonchev–Trinajstić information content (AvgIpc) is 3.57. The molecule has 1 atom stereocenters. The number of rotatable bonds is 11. The number of hydrogen-bond donors (Lipinski definition) is 2. The Morgan fingerprint density at radius 2 is 1.92 bits per heavy atom. The van der Waals surface area contributed by atoms with Gasteiger partial charge < -0.3 is 9.63 Å². The first-order valence-corrected chi connectivity index (χ1v) is 13.1. The van der Waals surface area contributed by atoms with Gasteiger partial charge in [-0.25, -0.2) is 8.42 Å². The molecular formula is C20H16Cl2N6O6S2. The van der Waals surface area contributed by atoms with E-state index >= 15 is 0 Å². The number of Topliss-reactive ketones (excluding diaryl/α,β-unsaturated/α-hetero) is 1. The first kappa shape index (κ1) is 25.9. The van der Waals surface area contributed by atoms with Crippen molar-refractivity contribution < 1.29 is 27.6 Å². The predicted molar refractivity (Wildman–Crippen MR) is 128 cm³/mol. The summed E-state index contributed by atoms with van der Waals surface area (Å²) in [4.78, 5) is 25.6. The van der Waals surface area contributed by atoms with E-state index in [4.69, 9.17) is 27.7 Å². The van der Waals surface area contributed by atoms with Crippen LogP contribution in [0.4, 0.5) is 0 Å². The normalized spacial score (nSPS) is 12.5. The minimum atomic E-state index is -4.23. The van der Waals surface area contributed by atoms with Gasteiger partial charge in [0.2, 0.25) is 0 Å². The second-order valence-electron chi connectivity index (χ2n) is 7.35. The lowest BCUT2D eigenvalue weighted by Gasteiger charge is -2.15. The summed E-state index contributed by atoms with van der Waals surface area (Å²) >= 11 is 13.2. The molecule has 0 fully saturated rings. The molecule has 1 unspecified atom stereocenters. The summed E-state index contributed by atoms with van der Waals surface area (Å²) in [6.45, 7) is -0.516. The zero-order valence-corrected chi connectivity index (χ0v) is 21.2. The van der Waals surface area contributed by atoms with Gasteiger partial charge in [-0.2, -0.15) is 9.52 Å². The third kappa shape index (κ3) is 6.14. The second kappa shape index (κ2) is 10.8. The summed E-state index contributed by atoms with van der Waals surface area (Å²) in [7, 11) is -4.23. The molecular weight excluding hydrogens is 555 g/mol. The number of benzene rings is 1. The highest BCUT2D eigenvalue weighted by Gasteiger charge is 2.29. The van der Waals surface area contributed by atoms with Crippen molar-refractivity contribution in [1.29, 1.82) is 0 Å². The van der Waals surface area contributed by atoms with Gasteiger partial charge in [0, 0.05) is 22.5 Å². The zero-order valence-electron chi connectivity index (χ0n) is 18.0. The van der Waals surface area contributed by atoms with Crippen LogP contribution < -0.4 is 4.72 Å². The molecule has 16 heteroatoms. The van der Waals surface area contributed by atoms with Gasteiger partial charge in [-0.1, -0.05) is 34.4 Å². The number of carboxylic acids is 1. The number of carbonyl (C=O) groups excluding carboxylic acids is 1. The van der Waals surface area contributed by atoms with Gasteiger partial charge in [-0.15, -0.1) is 21.5 Å². The van der Waals surface area contributed by atoms with Crippen LogP contribution in [-0.2, 0) is 32.6 Å². The van der Waals surface area contributed by atoms with Gasteiger partial charge in [0.25, 0.3) is 10.0 Å². The molecule has 3 heterocycles. The maximum atomic E-state index is 12.9. The van der Waals surface area contributed by atoms with E-state index in [0.29, 0.717) is 26.2 Å². The number of carboxylic acid groups (broad SMARTS) is 1. The van der Waals surface area contributed by atoms with Crippen molar-refractivity contribution in [3.8, 4) is 10.6 Å². The molecule has 0 aliphatic heterocycles. The quantitative estimate of drug-likeness (QED) is 0.273. The number of tetrazole rings is 1. The first-order valence-electron chi connectivity index (χ1n) is 10.1. The average molecular weight is 571 g/mol. The molecule has 4 rings (SSSR count). The lowest BCUT2D eigenvalue weighted by Crippen LogP contribution is -2.43. The number of thiophene rings is 1. The van der Waals surface area contributed by atoms with Gasteiger partial charge in [-0.05, 0) is 35.0 Å². The predicted octanol–water partition coefficient (Wildman–Crippen LogP) is 2.68. The van der Waals surface area contributed by atoms with Crippen LogP contribution >= 0.6 is 34.5 Å². The molecule has 0 aliphatic carbocycles. The fourth-order valence-corrected chi connectivity index (χ4v) is 6.14. The standard InChI is InChI=1S/C20H16Cl2N6O6S2/c21-12-2-1-3-13(22)11(12)8-18-23-27-28(24-18)10-16(29)15(9-19(30)31)26-36(32,33)20-5-4-17(35-20)14-6-7-34-25-14/h1-7,15,26H,8-10H2,(H,30,31). The van der Waals surface area contributed by atoms with Crippen molar-refractivity contribution in [3.05, 3.63) is 64.1 Å². The molecule has 0 saturated heterocycles. The van der Waals surface area contributed by atoms with Crippen molar-refractivity contribution in [3.63, 3.8) is 0 Å². The molecule has 3 aromatic heterocycles. The summed E-state index contributed by atoms with van der Waals surface area (Å²) in [6, 6.07) is 7.83. The number of aliphatic carboxylic acids is 1. The Kier molecular flexibility index (Phi) is 7.80. The van der Waals surface area contributed by atoms with E-state index in [1.54, 1.807) is 24.3 Å². The molecule has 0 amide bonds. The smallest absolute Gasteiger partial charge is 0.305 e. The minimum Gasteiger partial charge on any atom is -0.481 e. The Bertz CT molecular complexity index is 1480. The van der Waals surface area contributed by atoms with E-state index in [-0.39, 0.29) is 16.5 Å². The van der Waals surface area contributed by atoms with Gasteiger partial charge in [0.05, 0.1) is 17.3 Å². The number of aromatic nitrogens is 5. The van der Waals surface area contributed by atoms with E-state index in [1.807, 2.05) is 0 Å². The number of ketones is 1. The molecule has 188 valence electrons. The molecule has 36 heavy (non-hydrogen) atoms. The largest absolute Gasteiger partial charge is 0.481 e. The topological polar surface area (TPSA) is 170 Å². The maximum absolute atomic E-state index is 12.9. The van der Waals surface area contributed by atoms with Gasteiger partial charge >= 0.3 is 5.97 Å². The highest BCUT2D eigenvalue weighted by Crippen LogP contribution is 2.30. The van der Waals surface area contributed by atoms with Crippen LogP contribution in [0.2, 0.25) is 10.0 Å². The number of sulfonamides is 1. The molecule has 2 N–H and O–H groups in total. The van der Waals surface area contributed by atoms with Gasteiger partial charge in [-0.3, -0.25) is 9.59 Å². The van der Waals surface area contributed by atoms with Crippen molar-refractivity contribution in [2.24, 2.45) is 0 Å². The first-order chi connectivity index (χ1) is 17.1. The van der Waals surface area contributed by atoms with Gasteiger partial charge in [0.1, 0.15) is 22.7 Å². The second-order valence-corrected chi connectivity index (χ2v) is 11.2. The van der Waals surface area contributed by atoms with E-state index in [0.717, 1.165) is 16.1 Å². The SMILES string of the molecule is O=C(O)CC(NS(=O)(=O)c1ccc(-c2ccon2)s1)C(=O)Cn1nnc(Cc2c(Cl)cccc2Cl)n1. The molecule has 12 nitrogen and oxygen atoms in total. The number of carbonyl (C=O) groups is 2. The van der Waals surface area contributed by atoms with Crippen LogP contribution in [0.15, 0.2) is 51.4 Å². The lowest BCUT2D eigenvalue weighted by atomic mass is 10.1. The molecule has 0 bridgehead atoms. The third-order valence-corrected chi connectivity index (χ3v) is 8.57. The highest BCUT2D eigenvalue weighted by molar-refractivity contribution is 7.91. The van der Waals surface area contributed by atoms with Crippen LogP contribution in [0, 0.1) is 0 Å². The molecule has 0 spiro atoms. The number of hydrogen-bond acceptors (Lipinski definition) is 10. The summed E-state index contributed by atoms with van der Waals surface area (Å²) in [6.07, 6.45) is 0.705. The van der Waals surface area contributed by atoms with E-state index < -0.39 is 40.8 Å². The van der Waals surface area contributed by atoms with Crippen LogP contribution in [-0.4, -0.2) is 56.7 Å².